The van der Waals surface area contributed by atoms with Crippen molar-refractivity contribution < 1.29 is 4.39 Å². The van der Waals surface area contributed by atoms with E-state index in [-0.39, 0.29) is 16.9 Å². The highest BCUT2D eigenvalue weighted by atomic mass is 35.5. The predicted octanol–water partition coefficient (Wildman–Crippen LogP) is 3.86. The van der Waals surface area contributed by atoms with Gasteiger partial charge in [0, 0.05) is 10.4 Å². The fourth-order valence-electron chi connectivity index (χ4n) is 1.78. The molecule has 1 N–H and O–H groups in total. The Bertz CT molecular complexity index is 549. The molecule has 0 saturated carbocycles. The first kappa shape index (κ1) is 13.5. The first-order chi connectivity index (χ1) is 8.54. The van der Waals surface area contributed by atoms with Crippen LogP contribution in [0.15, 0.2) is 18.2 Å². The number of halogens is 2. The topological polar surface area (TPSA) is 24.9 Å². The minimum Gasteiger partial charge on any atom is -0.307 e. The van der Waals surface area contributed by atoms with E-state index in [1.54, 1.807) is 36.6 Å². The molecule has 0 radical (unpaired) electrons. The molecule has 0 bridgehead atoms. The Balaban J connectivity index is 2.48. The van der Waals surface area contributed by atoms with Crippen molar-refractivity contribution in [3.8, 4) is 0 Å². The first-order valence-corrected chi connectivity index (χ1v) is 6.79. The van der Waals surface area contributed by atoms with Gasteiger partial charge in [-0.05, 0) is 27.0 Å². The lowest BCUT2D eigenvalue weighted by molar-refractivity contribution is 0.575. The number of nitrogens with one attached hydrogen (secondary N) is 1. The van der Waals surface area contributed by atoms with E-state index < -0.39 is 0 Å². The summed E-state index contributed by atoms with van der Waals surface area (Å²) in [6.45, 7) is 3.97. The summed E-state index contributed by atoms with van der Waals surface area (Å²) >= 11 is 7.39. The average Bonchev–Trinajstić information content (AvgIpc) is 2.66. The van der Waals surface area contributed by atoms with Crippen LogP contribution in [0.1, 0.15) is 27.2 Å². The maximum Gasteiger partial charge on any atom is 0.146 e. The van der Waals surface area contributed by atoms with Crippen LogP contribution in [0.3, 0.4) is 0 Å². The van der Waals surface area contributed by atoms with Gasteiger partial charge in [-0.3, -0.25) is 0 Å². The lowest BCUT2D eigenvalue weighted by atomic mass is 10.1. The lowest BCUT2D eigenvalue weighted by Crippen LogP contribution is -2.19. The highest BCUT2D eigenvalue weighted by Crippen LogP contribution is 2.31. The minimum absolute atomic E-state index is 0.137. The Morgan fingerprint density at radius 1 is 1.39 bits per heavy atom. The van der Waals surface area contributed by atoms with Crippen LogP contribution in [0.5, 0.6) is 0 Å². The van der Waals surface area contributed by atoms with E-state index in [1.165, 1.54) is 0 Å². The van der Waals surface area contributed by atoms with E-state index in [9.17, 15) is 4.39 Å². The molecule has 0 fully saturated rings. The van der Waals surface area contributed by atoms with E-state index in [1.807, 2.05) is 13.8 Å². The molecular formula is C13H14ClFN2S. The average molecular weight is 285 g/mol. The summed E-state index contributed by atoms with van der Waals surface area (Å²) in [5.41, 5.74) is 1.51. The van der Waals surface area contributed by atoms with Crippen molar-refractivity contribution >= 4 is 22.9 Å². The van der Waals surface area contributed by atoms with Gasteiger partial charge in [0.2, 0.25) is 0 Å². The molecule has 0 aliphatic heterocycles. The fraction of sp³-hybridized carbons (Fsp3) is 0.308. The second-order valence-corrected chi connectivity index (χ2v) is 5.70. The van der Waals surface area contributed by atoms with Crippen LogP contribution in [0.4, 0.5) is 4.39 Å². The number of hydrogen-bond acceptors (Lipinski definition) is 3. The van der Waals surface area contributed by atoms with Gasteiger partial charge < -0.3 is 5.32 Å². The molecule has 0 aliphatic rings. The van der Waals surface area contributed by atoms with Crippen molar-refractivity contribution in [1.29, 1.82) is 0 Å². The number of nitrogens with zero attached hydrogens (tertiary/aromatic N) is 1. The molecule has 1 unspecified atom stereocenters. The number of hydrogen-bond donors (Lipinski definition) is 1. The third kappa shape index (κ3) is 2.41. The Labute approximate surface area is 115 Å². The first-order valence-electron chi connectivity index (χ1n) is 5.59. The van der Waals surface area contributed by atoms with Crippen LogP contribution < -0.4 is 5.32 Å². The summed E-state index contributed by atoms with van der Waals surface area (Å²) in [4.78, 5) is 5.62. The van der Waals surface area contributed by atoms with Crippen LogP contribution in [0.2, 0.25) is 5.02 Å². The van der Waals surface area contributed by atoms with Crippen LogP contribution in [-0.4, -0.2) is 12.0 Å². The molecule has 0 saturated heterocycles. The highest BCUT2D eigenvalue weighted by molar-refractivity contribution is 7.11. The van der Waals surface area contributed by atoms with Crippen molar-refractivity contribution in [1.82, 2.24) is 10.3 Å². The van der Waals surface area contributed by atoms with Gasteiger partial charge in [0.25, 0.3) is 0 Å². The van der Waals surface area contributed by atoms with Crippen molar-refractivity contribution in [2.24, 2.45) is 0 Å². The molecule has 2 aromatic rings. The molecule has 18 heavy (non-hydrogen) atoms. The van der Waals surface area contributed by atoms with Crippen molar-refractivity contribution in [2.75, 3.05) is 7.05 Å². The number of rotatable bonds is 3. The van der Waals surface area contributed by atoms with Crippen LogP contribution >= 0.6 is 22.9 Å². The molecule has 1 heterocycles. The van der Waals surface area contributed by atoms with Gasteiger partial charge in [0.05, 0.1) is 16.8 Å². The van der Waals surface area contributed by atoms with Gasteiger partial charge in [-0.25, -0.2) is 9.37 Å². The predicted molar refractivity (Wildman–Crippen MR) is 73.9 cm³/mol. The summed E-state index contributed by atoms with van der Waals surface area (Å²) in [5, 5.41) is 4.08. The number of aromatic nitrogens is 1. The van der Waals surface area contributed by atoms with Gasteiger partial charge in [-0.1, -0.05) is 23.7 Å². The molecular weight excluding hydrogens is 271 g/mol. The lowest BCUT2D eigenvalue weighted by Gasteiger charge is -2.15. The molecule has 96 valence electrons. The van der Waals surface area contributed by atoms with Crippen LogP contribution in [-0.2, 0) is 0 Å². The van der Waals surface area contributed by atoms with E-state index in [4.69, 9.17) is 11.6 Å². The molecule has 2 rings (SSSR count). The maximum atomic E-state index is 14.0. The van der Waals surface area contributed by atoms with E-state index in [2.05, 4.69) is 10.3 Å². The van der Waals surface area contributed by atoms with Crippen LogP contribution in [0, 0.1) is 19.7 Å². The molecule has 5 heteroatoms. The highest BCUT2D eigenvalue weighted by Gasteiger charge is 2.21. The summed E-state index contributed by atoms with van der Waals surface area (Å²) in [5.74, 6) is -0.385. The molecule has 1 aromatic carbocycles. The van der Waals surface area contributed by atoms with Crippen molar-refractivity contribution in [3.05, 3.63) is 50.2 Å². The van der Waals surface area contributed by atoms with Crippen molar-refractivity contribution in [3.63, 3.8) is 0 Å². The monoisotopic (exact) mass is 284 g/mol. The Kier molecular flexibility index (Phi) is 4.00. The van der Waals surface area contributed by atoms with Crippen molar-refractivity contribution in [2.45, 2.75) is 19.9 Å². The van der Waals surface area contributed by atoms with Gasteiger partial charge in [0.1, 0.15) is 10.8 Å². The van der Waals surface area contributed by atoms with Crippen LogP contribution in [0.25, 0.3) is 0 Å². The molecule has 1 atom stereocenters. The molecule has 2 nitrogen and oxygen atoms in total. The third-order valence-electron chi connectivity index (χ3n) is 2.87. The van der Waals surface area contributed by atoms with E-state index in [0.29, 0.717) is 5.56 Å². The molecule has 0 spiro atoms. The Hall–Kier alpha value is -0.970. The normalized spacial score (nSPS) is 12.7. The second-order valence-electron chi connectivity index (χ2n) is 4.06. The number of aryl methyl sites for hydroxylation is 2. The smallest absolute Gasteiger partial charge is 0.146 e. The van der Waals surface area contributed by atoms with Gasteiger partial charge in [-0.2, -0.15) is 0 Å². The number of benzene rings is 1. The fourth-order valence-corrected chi connectivity index (χ4v) is 3.01. The zero-order valence-corrected chi connectivity index (χ0v) is 12.0. The SMILES string of the molecule is CNC(c1nc(C)c(C)s1)c1cccc(Cl)c1F. The summed E-state index contributed by atoms with van der Waals surface area (Å²) in [6, 6.07) is 4.76. The molecule has 0 aliphatic carbocycles. The van der Waals surface area contributed by atoms with Gasteiger partial charge >= 0.3 is 0 Å². The molecule has 0 amide bonds. The second kappa shape index (κ2) is 5.34. The van der Waals surface area contributed by atoms with E-state index in [0.717, 1.165) is 15.6 Å². The largest absolute Gasteiger partial charge is 0.307 e. The Morgan fingerprint density at radius 3 is 2.67 bits per heavy atom. The quantitative estimate of drug-likeness (QED) is 0.926. The standard InChI is InChI=1S/C13H14ClFN2S/c1-7-8(2)18-13(17-7)12(16-3)9-5-4-6-10(14)11(9)15/h4-6,12,16H,1-3H3. The maximum absolute atomic E-state index is 14.0. The zero-order chi connectivity index (χ0) is 13.3. The van der Waals surface area contributed by atoms with Gasteiger partial charge in [-0.15, -0.1) is 11.3 Å². The van der Waals surface area contributed by atoms with Gasteiger partial charge in [0.15, 0.2) is 0 Å². The zero-order valence-electron chi connectivity index (χ0n) is 10.4. The summed E-state index contributed by atoms with van der Waals surface area (Å²) in [7, 11) is 1.79. The third-order valence-corrected chi connectivity index (χ3v) is 4.30. The minimum atomic E-state index is -0.385. The molecule has 1 aromatic heterocycles. The summed E-state index contributed by atoms with van der Waals surface area (Å²) < 4.78 is 14.0. The number of thiazole rings is 1. The summed E-state index contributed by atoms with van der Waals surface area (Å²) in [6.07, 6.45) is 0. The Morgan fingerprint density at radius 2 is 2.11 bits per heavy atom. The van der Waals surface area contributed by atoms with E-state index >= 15 is 0 Å².